The number of aromatic nitrogens is 2. The van der Waals surface area contributed by atoms with E-state index in [9.17, 15) is 27.5 Å². The minimum atomic E-state index is -4.68. The van der Waals surface area contributed by atoms with Crippen molar-refractivity contribution in [1.29, 1.82) is 0 Å². The molecule has 0 bridgehead atoms. The van der Waals surface area contributed by atoms with Crippen LogP contribution in [-0.2, 0) is 18.4 Å². The van der Waals surface area contributed by atoms with Crippen LogP contribution in [0.3, 0.4) is 0 Å². The number of methoxy groups -OCH3 is 1. The van der Waals surface area contributed by atoms with Crippen LogP contribution in [0.25, 0.3) is 11.3 Å². The van der Waals surface area contributed by atoms with Crippen LogP contribution in [0.5, 0.6) is 5.75 Å². The summed E-state index contributed by atoms with van der Waals surface area (Å²) in [5, 5.41) is 13.2. The Morgan fingerprint density at radius 1 is 1.35 bits per heavy atom. The molecular formula is C16H16F4N2O4. The van der Waals surface area contributed by atoms with Gasteiger partial charge >= 0.3 is 12.1 Å². The molecule has 10 heteroatoms. The minimum absolute atomic E-state index is 0.0648. The van der Waals surface area contributed by atoms with Crippen molar-refractivity contribution in [3.05, 3.63) is 35.3 Å². The summed E-state index contributed by atoms with van der Waals surface area (Å²) in [7, 11) is 2.52. The Morgan fingerprint density at radius 3 is 2.50 bits per heavy atom. The van der Waals surface area contributed by atoms with Gasteiger partial charge in [0, 0.05) is 12.6 Å². The zero-order valence-corrected chi connectivity index (χ0v) is 14.1. The third kappa shape index (κ3) is 3.96. The van der Waals surface area contributed by atoms with Crippen molar-refractivity contribution >= 4 is 5.97 Å². The Morgan fingerprint density at radius 2 is 2.00 bits per heavy atom. The normalized spacial score (nSPS) is 12.8. The second kappa shape index (κ2) is 7.32. The molecule has 2 rings (SSSR count). The maximum atomic E-state index is 14.4. The lowest BCUT2D eigenvalue weighted by atomic mass is 10.1. The van der Waals surface area contributed by atoms with Crippen molar-refractivity contribution < 1.29 is 36.9 Å². The van der Waals surface area contributed by atoms with E-state index in [0.29, 0.717) is 5.69 Å². The molecule has 1 N–H and O–H groups in total. The first-order chi connectivity index (χ1) is 12.1. The van der Waals surface area contributed by atoms with Crippen molar-refractivity contribution in [1.82, 2.24) is 9.78 Å². The van der Waals surface area contributed by atoms with Crippen LogP contribution in [0.1, 0.15) is 23.0 Å². The highest BCUT2D eigenvalue weighted by molar-refractivity contribution is 5.93. The largest absolute Gasteiger partial charge is 0.480 e. The zero-order chi connectivity index (χ0) is 19.6. The highest BCUT2D eigenvalue weighted by atomic mass is 19.4. The Balaban J connectivity index is 2.57. The molecule has 0 aliphatic carbocycles. The SMILES string of the molecule is COC(=O)c1cc(F)c(-c2cc(CO)n(C)n2)cc1OC(C)C(F)(F)F. The lowest BCUT2D eigenvalue weighted by Gasteiger charge is -2.20. The molecule has 142 valence electrons. The quantitative estimate of drug-likeness (QED) is 0.642. The molecular weight excluding hydrogens is 360 g/mol. The van der Waals surface area contributed by atoms with E-state index in [0.717, 1.165) is 26.2 Å². The summed E-state index contributed by atoms with van der Waals surface area (Å²) in [4.78, 5) is 11.8. The van der Waals surface area contributed by atoms with Gasteiger partial charge in [-0.1, -0.05) is 0 Å². The number of halogens is 4. The third-order valence-corrected chi connectivity index (χ3v) is 3.65. The van der Waals surface area contributed by atoms with E-state index in [2.05, 4.69) is 9.84 Å². The number of benzene rings is 1. The Bertz CT molecular complexity index is 817. The third-order valence-electron chi connectivity index (χ3n) is 3.65. The van der Waals surface area contributed by atoms with E-state index in [1.54, 1.807) is 0 Å². The number of ether oxygens (including phenoxy) is 2. The molecule has 0 aliphatic rings. The maximum absolute atomic E-state index is 14.4. The van der Waals surface area contributed by atoms with E-state index in [1.807, 2.05) is 0 Å². The van der Waals surface area contributed by atoms with Gasteiger partial charge in [-0.3, -0.25) is 4.68 Å². The van der Waals surface area contributed by atoms with Gasteiger partial charge in [-0.2, -0.15) is 18.3 Å². The summed E-state index contributed by atoms with van der Waals surface area (Å²) in [6.07, 6.45) is -6.92. The van der Waals surface area contributed by atoms with Gasteiger partial charge in [0.25, 0.3) is 0 Å². The van der Waals surface area contributed by atoms with Crippen molar-refractivity contribution in [2.75, 3.05) is 7.11 Å². The van der Waals surface area contributed by atoms with E-state index in [1.165, 1.54) is 17.8 Å². The number of carbonyl (C=O) groups excluding carboxylic acids is 1. The first-order valence-electron chi connectivity index (χ1n) is 7.37. The molecule has 1 unspecified atom stereocenters. The second-order valence-electron chi connectivity index (χ2n) is 5.42. The van der Waals surface area contributed by atoms with E-state index >= 15 is 0 Å². The monoisotopic (exact) mass is 376 g/mol. The molecule has 0 aliphatic heterocycles. The average Bonchev–Trinajstić information content (AvgIpc) is 2.95. The summed E-state index contributed by atoms with van der Waals surface area (Å²) in [6.45, 7) is 0.397. The summed E-state index contributed by atoms with van der Waals surface area (Å²) >= 11 is 0. The molecule has 6 nitrogen and oxygen atoms in total. The molecule has 0 amide bonds. The van der Waals surface area contributed by atoms with Gasteiger partial charge in [0.15, 0.2) is 6.10 Å². The number of alkyl halides is 3. The first kappa shape index (κ1) is 19.7. The van der Waals surface area contributed by atoms with Crippen LogP contribution in [-0.4, -0.2) is 40.2 Å². The van der Waals surface area contributed by atoms with Crippen LogP contribution in [0.15, 0.2) is 18.2 Å². The van der Waals surface area contributed by atoms with Crippen LogP contribution in [0, 0.1) is 5.82 Å². The number of aliphatic hydroxyl groups is 1. The van der Waals surface area contributed by atoms with Gasteiger partial charge in [-0.25, -0.2) is 9.18 Å². The molecule has 0 saturated heterocycles. The highest BCUT2D eigenvalue weighted by Gasteiger charge is 2.39. The molecule has 2 aromatic rings. The van der Waals surface area contributed by atoms with Crippen LogP contribution in [0.2, 0.25) is 0 Å². The van der Waals surface area contributed by atoms with Crippen molar-refractivity contribution in [2.45, 2.75) is 25.8 Å². The van der Waals surface area contributed by atoms with Gasteiger partial charge in [-0.05, 0) is 25.1 Å². The Hall–Kier alpha value is -2.62. The first-order valence-corrected chi connectivity index (χ1v) is 7.37. The molecule has 1 heterocycles. The number of nitrogens with zero attached hydrogens (tertiary/aromatic N) is 2. The fraction of sp³-hybridized carbons (Fsp3) is 0.375. The lowest BCUT2D eigenvalue weighted by Crippen LogP contribution is -2.31. The van der Waals surface area contributed by atoms with Gasteiger partial charge < -0.3 is 14.6 Å². The Labute approximate surface area is 145 Å². The zero-order valence-electron chi connectivity index (χ0n) is 14.1. The highest BCUT2D eigenvalue weighted by Crippen LogP contribution is 2.33. The summed E-state index contributed by atoms with van der Waals surface area (Å²) < 4.78 is 63.4. The number of rotatable bonds is 5. The van der Waals surface area contributed by atoms with Crippen LogP contribution in [0.4, 0.5) is 17.6 Å². The van der Waals surface area contributed by atoms with Crippen LogP contribution >= 0.6 is 0 Å². The van der Waals surface area contributed by atoms with Crippen molar-refractivity contribution in [2.24, 2.45) is 7.05 Å². The fourth-order valence-electron chi connectivity index (χ4n) is 2.16. The predicted octanol–water partition coefficient (Wildman–Crippen LogP) is 2.83. The molecule has 1 atom stereocenters. The lowest BCUT2D eigenvalue weighted by molar-refractivity contribution is -0.189. The number of esters is 1. The number of hydrogen-bond acceptors (Lipinski definition) is 5. The van der Waals surface area contributed by atoms with Crippen LogP contribution < -0.4 is 4.74 Å². The van der Waals surface area contributed by atoms with Gasteiger partial charge in [0.05, 0.1) is 25.1 Å². The van der Waals surface area contributed by atoms with E-state index < -0.39 is 35.4 Å². The average molecular weight is 376 g/mol. The predicted molar refractivity (Wildman–Crippen MR) is 82.0 cm³/mol. The smallest absolute Gasteiger partial charge is 0.425 e. The molecule has 0 fully saturated rings. The molecule has 0 spiro atoms. The van der Waals surface area contributed by atoms with Crippen molar-refractivity contribution in [3.63, 3.8) is 0 Å². The summed E-state index contributed by atoms with van der Waals surface area (Å²) in [5.74, 6) is -2.44. The van der Waals surface area contributed by atoms with Crippen molar-refractivity contribution in [3.8, 4) is 17.0 Å². The molecule has 26 heavy (non-hydrogen) atoms. The van der Waals surface area contributed by atoms with Gasteiger partial charge in [-0.15, -0.1) is 0 Å². The number of carbonyl (C=O) groups is 1. The van der Waals surface area contributed by atoms with E-state index in [-0.39, 0.29) is 17.9 Å². The second-order valence-corrected chi connectivity index (χ2v) is 5.42. The molecule has 1 aromatic carbocycles. The number of aliphatic hydroxyl groups excluding tert-OH is 1. The minimum Gasteiger partial charge on any atom is -0.480 e. The molecule has 0 saturated carbocycles. The summed E-state index contributed by atoms with van der Waals surface area (Å²) in [5.41, 5.74) is -0.238. The van der Waals surface area contributed by atoms with Gasteiger partial charge in [0.2, 0.25) is 0 Å². The fourth-order valence-corrected chi connectivity index (χ4v) is 2.16. The topological polar surface area (TPSA) is 73.6 Å². The number of hydrogen-bond donors (Lipinski definition) is 1. The Kier molecular flexibility index (Phi) is 5.55. The standard InChI is InChI=1S/C16H16F4N2O4/c1-8(16(18,19)20)26-14-6-10(12(17)5-11(14)15(24)25-3)13-4-9(7-23)22(2)21-13/h4-6,8,23H,7H2,1-3H3. The van der Waals surface area contributed by atoms with Gasteiger partial charge in [0.1, 0.15) is 17.1 Å². The molecule has 1 aromatic heterocycles. The molecule has 0 radical (unpaired) electrons. The maximum Gasteiger partial charge on any atom is 0.425 e. The number of aryl methyl sites for hydroxylation is 1. The summed E-state index contributed by atoms with van der Waals surface area (Å²) in [6, 6.07) is 3.05. The van der Waals surface area contributed by atoms with E-state index in [4.69, 9.17) is 4.74 Å².